The number of amides is 1. The number of rotatable bonds is 4. The normalized spacial score (nSPS) is 17.4. The van der Waals surface area contributed by atoms with Crippen molar-refractivity contribution in [2.75, 3.05) is 25.1 Å². The predicted octanol–water partition coefficient (Wildman–Crippen LogP) is 2.65. The van der Waals surface area contributed by atoms with E-state index in [1.54, 1.807) is 43.8 Å². The van der Waals surface area contributed by atoms with Gasteiger partial charge in [0.15, 0.2) is 0 Å². The van der Waals surface area contributed by atoms with Crippen LogP contribution in [0.3, 0.4) is 0 Å². The molecule has 0 aliphatic carbocycles. The minimum absolute atomic E-state index is 0.0796. The molecule has 0 spiro atoms. The Hall–Kier alpha value is -2.15. The molecule has 24 heavy (non-hydrogen) atoms. The number of carbonyl (C=O) groups is 1. The number of methoxy groups -OCH3 is 1. The molecule has 1 amide bonds. The summed E-state index contributed by atoms with van der Waals surface area (Å²) >= 11 is 3.41. The van der Waals surface area contributed by atoms with Crippen LogP contribution in [0.1, 0.15) is 23.2 Å². The zero-order valence-electron chi connectivity index (χ0n) is 13.4. The van der Waals surface area contributed by atoms with Crippen LogP contribution in [-0.4, -0.2) is 42.1 Å². The first kappa shape index (κ1) is 16.7. The van der Waals surface area contributed by atoms with Gasteiger partial charge in [0.2, 0.25) is 5.95 Å². The summed E-state index contributed by atoms with van der Waals surface area (Å²) in [7, 11) is 1.60. The Morgan fingerprint density at radius 1 is 1.38 bits per heavy atom. The van der Waals surface area contributed by atoms with E-state index < -0.39 is 0 Å². The Balaban J connectivity index is 1.65. The van der Waals surface area contributed by atoms with Gasteiger partial charge in [-0.2, -0.15) is 0 Å². The van der Waals surface area contributed by atoms with Crippen molar-refractivity contribution < 1.29 is 9.53 Å². The van der Waals surface area contributed by atoms with E-state index in [4.69, 9.17) is 4.74 Å². The molecule has 0 unspecified atom stereocenters. The van der Waals surface area contributed by atoms with Crippen LogP contribution in [0.25, 0.3) is 0 Å². The van der Waals surface area contributed by atoms with E-state index in [0.717, 1.165) is 23.9 Å². The van der Waals surface area contributed by atoms with Crippen molar-refractivity contribution in [1.29, 1.82) is 0 Å². The summed E-state index contributed by atoms with van der Waals surface area (Å²) in [6, 6.07) is 7.20. The highest BCUT2D eigenvalue weighted by atomic mass is 79.9. The maximum atomic E-state index is 12.5. The van der Waals surface area contributed by atoms with Crippen molar-refractivity contribution in [3.8, 4) is 5.75 Å². The van der Waals surface area contributed by atoms with Crippen molar-refractivity contribution >= 4 is 27.8 Å². The van der Waals surface area contributed by atoms with Crippen LogP contribution in [0.15, 0.2) is 41.1 Å². The SMILES string of the molecule is COc1ccc(C(=O)N[C@@H]2CCCN(c3ncccn3)C2)cc1Br. The van der Waals surface area contributed by atoms with Gasteiger partial charge in [-0.05, 0) is 53.0 Å². The van der Waals surface area contributed by atoms with E-state index in [1.807, 2.05) is 0 Å². The lowest BCUT2D eigenvalue weighted by molar-refractivity contribution is 0.0933. The molecule has 1 aliphatic rings. The van der Waals surface area contributed by atoms with E-state index in [-0.39, 0.29) is 11.9 Å². The number of carbonyl (C=O) groups excluding carboxylic acids is 1. The van der Waals surface area contributed by atoms with E-state index >= 15 is 0 Å². The molecule has 0 saturated carbocycles. The smallest absolute Gasteiger partial charge is 0.251 e. The molecule has 1 N–H and O–H groups in total. The Morgan fingerprint density at radius 2 is 2.17 bits per heavy atom. The molecule has 3 rings (SSSR count). The molecule has 0 radical (unpaired) electrons. The summed E-state index contributed by atoms with van der Waals surface area (Å²) in [6.45, 7) is 1.62. The van der Waals surface area contributed by atoms with Crippen LogP contribution >= 0.6 is 15.9 Å². The predicted molar refractivity (Wildman–Crippen MR) is 95.4 cm³/mol. The van der Waals surface area contributed by atoms with Gasteiger partial charge < -0.3 is 15.0 Å². The first-order valence-corrected chi connectivity index (χ1v) is 8.63. The lowest BCUT2D eigenvalue weighted by Gasteiger charge is -2.33. The summed E-state index contributed by atoms with van der Waals surface area (Å²) in [5.74, 6) is 1.33. The van der Waals surface area contributed by atoms with Crippen LogP contribution < -0.4 is 15.0 Å². The quantitative estimate of drug-likeness (QED) is 0.868. The van der Waals surface area contributed by atoms with E-state index in [0.29, 0.717) is 23.8 Å². The standard InChI is InChI=1S/C17H19BrN4O2/c1-24-15-6-5-12(10-14(15)18)16(23)21-13-4-2-9-22(11-13)17-19-7-3-8-20-17/h3,5-8,10,13H,2,4,9,11H2,1H3,(H,21,23)/t13-/m1/s1. The summed E-state index contributed by atoms with van der Waals surface area (Å²) in [5, 5.41) is 3.10. The van der Waals surface area contributed by atoms with Gasteiger partial charge in [-0.25, -0.2) is 9.97 Å². The number of halogens is 1. The van der Waals surface area contributed by atoms with E-state index in [9.17, 15) is 4.79 Å². The second-order valence-corrected chi connectivity index (χ2v) is 6.51. The molecule has 2 heterocycles. The maximum absolute atomic E-state index is 12.5. The van der Waals surface area contributed by atoms with Crippen LogP contribution in [0.4, 0.5) is 5.95 Å². The number of hydrogen-bond donors (Lipinski definition) is 1. The molecule has 1 aliphatic heterocycles. The lowest BCUT2D eigenvalue weighted by Crippen LogP contribution is -2.48. The number of ether oxygens (including phenoxy) is 1. The van der Waals surface area contributed by atoms with Crippen LogP contribution in [0.2, 0.25) is 0 Å². The van der Waals surface area contributed by atoms with Gasteiger partial charge >= 0.3 is 0 Å². The average Bonchev–Trinajstić information content (AvgIpc) is 2.62. The van der Waals surface area contributed by atoms with Crippen molar-refractivity contribution in [2.45, 2.75) is 18.9 Å². The molecule has 7 heteroatoms. The highest BCUT2D eigenvalue weighted by molar-refractivity contribution is 9.10. The number of hydrogen-bond acceptors (Lipinski definition) is 5. The summed E-state index contributed by atoms with van der Waals surface area (Å²) in [5.41, 5.74) is 0.607. The third-order valence-electron chi connectivity index (χ3n) is 4.01. The molecule has 2 aromatic rings. The summed E-state index contributed by atoms with van der Waals surface area (Å²) < 4.78 is 5.96. The monoisotopic (exact) mass is 390 g/mol. The topological polar surface area (TPSA) is 67.3 Å². The zero-order valence-corrected chi connectivity index (χ0v) is 15.0. The summed E-state index contributed by atoms with van der Waals surface area (Å²) in [4.78, 5) is 23.2. The Morgan fingerprint density at radius 3 is 2.88 bits per heavy atom. The second-order valence-electron chi connectivity index (χ2n) is 5.66. The van der Waals surface area contributed by atoms with Crippen molar-refractivity contribution in [3.05, 3.63) is 46.7 Å². The molecule has 1 aromatic carbocycles. The number of piperidine rings is 1. The summed E-state index contributed by atoms with van der Waals surface area (Å²) in [6.07, 6.45) is 5.42. The Bertz CT molecular complexity index is 711. The molecular weight excluding hydrogens is 372 g/mol. The number of aromatic nitrogens is 2. The van der Waals surface area contributed by atoms with Gasteiger partial charge in [0, 0.05) is 37.1 Å². The average molecular weight is 391 g/mol. The lowest BCUT2D eigenvalue weighted by atomic mass is 10.1. The molecular formula is C17H19BrN4O2. The minimum Gasteiger partial charge on any atom is -0.496 e. The number of nitrogens with one attached hydrogen (secondary N) is 1. The Kier molecular flexibility index (Phi) is 5.30. The fourth-order valence-corrected chi connectivity index (χ4v) is 3.35. The molecule has 1 saturated heterocycles. The van der Waals surface area contributed by atoms with Crippen molar-refractivity contribution in [1.82, 2.24) is 15.3 Å². The third-order valence-corrected chi connectivity index (χ3v) is 4.63. The maximum Gasteiger partial charge on any atom is 0.251 e. The number of benzene rings is 1. The van der Waals surface area contributed by atoms with Gasteiger partial charge in [-0.15, -0.1) is 0 Å². The first-order chi connectivity index (χ1) is 11.7. The molecule has 6 nitrogen and oxygen atoms in total. The van der Waals surface area contributed by atoms with Gasteiger partial charge in [0.05, 0.1) is 11.6 Å². The second kappa shape index (κ2) is 7.61. The van der Waals surface area contributed by atoms with Crippen molar-refractivity contribution in [2.24, 2.45) is 0 Å². The van der Waals surface area contributed by atoms with Gasteiger partial charge in [0.25, 0.3) is 5.91 Å². The van der Waals surface area contributed by atoms with Gasteiger partial charge in [-0.3, -0.25) is 4.79 Å². The van der Waals surface area contributed by atoms with Crippen molar-refractivity contribution in [3.63, 3.8) is 0 Å². The van der Waals surface area contributed by atoms with E-state index in [1.165, 1.54) is 0 Å². The largest absolute Gasteiger partial charge is 0.496 e. The highest BCUT2D eigenvalue weighted by Gasteiger charge is 2.23. The Labute approximate surface area is 149 Å². The molecule has 126 valence electrons. The van der Waals surface area contributed by atoms with Crippen LogP contribution in [-0.2, 0) is 0 Å². The van der Waals surface area contributed by atoms with Crippen LogP contribution in [0.5, 0.6) is 5.75 Å². The number of anilines is 1. The van der Waals surface area contributed by atoms with E-state index in [2.05, 4.69) is 36.1 Å². The molecule has 0 bridgehead atoms. The third kappa shape index (κ3) is 3.84. The fraction of sp³-hybridized carbons (Fsp3) is 0.353. The minimum atomic E-state index is -0.0841. The molecule has 1 atom stereocenters. The molecule has 1 aromatic heterocycles. The number of nitrogens with zero attached hydrogens (tertiary/aromatic N) is 3. The highest BCUT2D eigenvalue weighted by Crippen LogP contribution is 2.25. The first-order valence-electron chi connectivity index (χ1n) is 7.84. The molecule has 1 fully saturated rings. The fourth-order valence-electron chi connectivity index (χ4n) is 2.81. The van der Waals surface area contributed by atoms with Crippen LogP contribution in [0, 0.1) is 0 Å². The zero-order chi connectivity index (χ0) is 16.9. The van der Waals surface area contributed by atoms with Gasteiger partial charge in [0.1, 0.15) is 5.75 Å². The van der Waals surface area contributed by atoms with Gasteiger partial charge in [-0.1, -0.05) is 0 Å².